The number of aliphatic hydroxyl groups excluding tert-OH is 1. The van der Waals surface area contributed by atoms with E-state index in [9.17, 15) is 19.5 Å². The quantitative estimate of drug-likeness (QED) is 0.370. The fourth-order valence-corrected chi connectivity index (χ4v) is 5.48. The molecule has 3 rings (SSSR count). The first kappa shape index (κ1) is 28.9. The zero-order valence-electron chi connectivity index (χ0n) is 22.4. The van der Waals surface area contributed by atoms with E-state index in [4.69, 9.17) is 15.2 Å². The number of carbonyl (C=O) groups is 3. The Morgan fingerprint density at radius 2 is 1.89 bits per heavy atom. The minimum atomic E-state index is -0.960. The van der Waals surface area contributed by atoms with Gasteiger partial charge in [0.15, 0.2) is 0 Å². The number of benzene rings is 1. The van der Waals surface area contributed by atoms with E-state index in [1.165, 1.54) is 7.11 Å². The molecule has 5 N–H and O–H groups in total. The van der Waals surface area contributed by atoms with Gasteiger partial charge < -0.3 is 35.8 Å². The number of hydrogen-bond donors (Lipinski definition) is 4. The predicted molar refractivity (Wildman–Crippen MR) is 140 cm³/mol. The maximum atomic E-state index is 13.5. The molecule has 2 aliphatic rings. The van der Waals surface area contributed by atoms with Crippen LogP contribution in [0.1, 0.15) is 57.9 Å². The van der Waals surface area contributed by atoms with E-state index in [-0.39, 0.29) is 30.8 Å². The lowest BCUT2D eigenvalue weighted by atomic mass is 9.80. The first-order valence-corrected chi connectivity index (χ1v) is 13.0. The molecule has 10 heteroatoms. The first-order chi connectivity index (χ1) is 17.5. The number of rotatable bonds is 10. The van der Waals surface area contributed by atoms with Crippen LogP contribution < -0.4 is 21.3 Å². The zero-order valence-corrected chi connectivity index (χ0v) is 22.4. The van der Waals surface area contributed by atoms with Crippen molar-refractivity contribution < 1.29 is 29.0 Å². The average Bonchev–Trinajstić information content (AvgIpc) is 3.36. The topological polar surface area (TPSA) is 143 Å². The Hall–Kier alpha value is -2.69. The Morgan fingerprint density at radius 1 is 1.22 bits per heavy atom. The third kappa shape index (κ3) is 7.21. The normalized spacial score (nSPS) is 20.5. The fraction of sp³-hybridized carbons (Fsp3) is 0.667. The van der Waals surface area contributed by atoms with Crippen molar-refractivity contribution >= 4 is 23.6 Å². The van der Waals surface area contributed by atoms with Crippen molar-refractivity contribution in [2.45, 2.75) is 82.6 Å². The second-order valence-electron chi connectivity index (χ2n) is 11.1. The molecule has 3 amide bonds. The Kier molecular flexibility index (Phi) is 9.55. The second-order valence-corrected chi connectivity index (χ2v) is 11.1. The SMILES string of the molecule is COC(=O)NC1Cc2ccccc2N(C(=O)CC(C)(C)C[C@H](N)[C@@H](O)CNC(=O)C2(OC)CCCC2)C1. The minimum absolute atomic E-state index is 0.0233. The van der Waals surface area contributed by atoms with E-state index in [1.807, 2.05) is 38.1 Å². The van der Waals surface area contributed by atoms with E-state index < -0.39 is 29.3 Å². The number of alkyl carbamates (subject to hydrolysis) is 1. The first-order valence-electron chi connectivity index (χ1n) is 13.0. The number of nitrogens with zero attached hydrogens (tertiary/aromatic N) is 1. The van der Waals surface area contributed by atoms with Crippen LogP contribution in [0.2, 0.25) is 0 Å². The van der Waals surface area contributed by atoms with Crippen molar-refractivity contribution in [2.24, 2.45) is 11.1 Å². The number of methoxy groups -OCH3 is 2. The van der Waals surface area contributed by atoms with Gasteiger partial charge in [-0.1, -0.05) is 32.0 Å². The van der Waals surface area contributed by atoms with E-state index in [1.54, 1.807) is 12.0 Å². The molecule has 1 saturated carbocycles. The van der Waals surface area contributed by atoms with Crippen LogP contribution in [0.15, 0.2) is 24.3 Å². The van der Waals surface area contributed by atoms with Gasteiger partial charge in [-0.2, -0.15) is 0 Å². The van der Waals surface area contributed by atoms with Gasteiger partial charge in [-0.05, 0) is 55.6 Å². The number of fused-ring (bicyclic) bond motifs is 1. The largest absolute Gasteiger partial charge is 0.453 e. The standard InChI is InChI=1S/C27H42N4O6/c1-26(2,14-20(28)22(32)16-29-24(34)27(37-4)11-7-8-12-27)15-23(33)31-17-19(30-25(35)36-3)13-18-9-5-6-10-21(18)31/h5-6,9-10,19-20,22,32H,7-8,11-17,28H2,1-4H3,(H,29,34)(H,30,35)/t19?,20-,22-/m0/s1. The molecule has 0 aromatic heterocycles. The molecule has 206 valence electrons. The Morgan fingerprint density at radius 3 is 2.54 bits per heavy atom. The highest BCUT2D eigenvalue weighted by Crippen LogP contribution is 2.34. The summed E-state index contributed by atoms with van der Waals surface area (Å²) in [6.45, 7) is 4.24. The van der Waals surface area contributed by atoms with Gasteiger partial charge in [0.05, 0.1) is 19.3 Å². The highest BCUT2D eigenvalue weighted by molar-refractivity contribution is 5.95. The summed E-state index contributed by atoms with van der Waals surface area (Å²) in [6, 6.07) is 6.75. The number of carbonyl (C=O) groups excluding carboxylic acids is 3. The summed E-state index contributed by atoms with van der Waals surface area (Å²) in [5.74, 6) is -0.306. The number of aliphatic hydroxyl groups is 1. The van der Waals surface area contributed by atoms with Crippen molar-refractivity contribution in [3.05, 3.63) is 29.8 Å². The molecular formula is C27H42N4O6. The minimum Gasteiger partial charge on any atom is -0.453 e. The van der Waals surface area contributed by atoms with Gasteiger partial charge in [-0.15, -0.1) is 0 Å². The summed E-state index contributed by atoms with van der Waals surface area (Å²) in [6.07, 6.45) is 2.90. The molecule has 1 unspecified atom stereocenters. The monoisotopic (exact) mass is 518 g/mol. The number of ether oxygens (including phenoxy) is 2. The molecule has 0 saturated heterocycles. The third-order valence-electron chi connectivity index (χ3n) is 7.56. The molecule has 1 heterocycles. The highest BCUT2D eigenvalue weighted by atomic mass is 16.5. The maximum absolute atomic E-state index is 13.5. The van der Waals surface area contributed by atoms with E-state index in [0.29, 0.717) is 32.2 Å². The summed E-state index contributed by atoms with van der Waals surface area (Å²) in [5.41, 5.74) is 6.78. The van der Waals surface area contributed by atoms with Gasteiger partial charge in [0.25, 0.3) is 5.91 Å². The van der Waals surface area contributed by atoms with Crippen LogP contribution in [-0.4, -0.2) is 74.1 Å². The summed E-state index contributed by atoms with van der Waals surface area (Å²) in [7, 11) is 2.85. The van der Waals surface area contributed by atoms with Crippen LogP contribution in [0, 0.1) is 5.41 Å². The Bertz CT molecular complexity index is 962. The van der Waals surface area contributed by atoms with Gasteiger partial charge in [0, 0.05) is 38.3 Å². The molecule has 3 atom stereocenters. The number of nitrogens with one attached hydrogen (secondary N) is 2. The summed E-state index contributed by atoms with van der Waals surface area (Å²) < 4.78 is 10.2. The van der Waals surface area contributed by atoms with Crippen molar-refractivity contribution in [2.75, 3.05) is 32.2 Å². The van der Waals surface area contributed by atoms with E-state index in [2.05, 4.69) is 10.6 Å². The van der Waals surface area contributed by atoms with Crippen molar-refractivity contribution in [1.29, 1.82) is 0 Å². The molecule has 0 bridgehead atoms. The Balaban J connectivity index is 1.58. The molecule has 0 spiro atoms. The average molecular weight is 519 g/mol. The molecule has 1 fully saturated rings. The van der Waals surface area contributed by atoms with Gasteiger partial charge in [-0.25, -0.2) is 4.79 Å². The van der Waals surface area contributed by atoms with Gasteiger partial charge >= 0.3 is 6.09 Å². The molecule has 1 aromatic carbocycles. The van der Waals surface area contributed by atoms with Crippen LogP contribution in [0.5, 0.6) is 0 Å². The lowest BCUT2D eigenvalue weighted by Crippen LogP contribution is -2.52. The van der Waals surface area contributed by atoms with Crippen LogP contribution in [0.25, 0.3) is 0 Å². The molecule has 1 aliphatic heterocycles. The van der Waals surface area contributed by atoms with Crippen LogP contribution in [-0.2, 0) is 25.5 Å². The molecule has 0 radical (unpaired) electrons. The predicted octanol–water partition coefficient (Wildman–Crippen LogP) is 1.87. The molecule has 37 heavy (non-hydrogen) atoms. The van der Waals surface area contributed by atoms with Gasteiger partial charge in [-0.3, -0.25) is 9.59 Å². The number of nitrogens with two attached hydrogens (primary N) is 1. The zero-order chi connectivity index (χ0) is 27.2. The lowest BCUT2D eigenvalue weighted by Gasteiger charge is -2.37. The summed E-state index contributed by atoms with van der Waals surface area (Å²) in [4.78, 5) is 39.6. The van der Waals surface area contributed by atoms with E-state index in [0.717, 1.165) is 24.1 Å². The molecular weight excluding hydrogens is 476 g/mol. The number of amides is 3. The maximum Gasteiger partial charge on any atom is 0.407 e. The fourth-order valence-electron chi connectivity index (χ4n) is 5.48. The van der Waals surface area contributed by atoms with Crippen LogP contribution >= 0.6 is 0 Å². The number of hydrogen-bond acceptors (Lipinski definition) is 7. The van der Waals surface area contributed by atoms with Gasteiger partial charge in [0.1, 0.15) is 5.60 Å². The van der Waals surface area contributed by atoms with Crippen LogP contribution in [0.4, 0.5) is 10.5 Å². The summed E-state index contributed by atoms with van der Waals surface area (Å²) in [5, 5.41) is 16.3. The van der Waals surface area contributed by atoms with Crippen LogP contribution in [0.3, 0.4) is 0 Å². The van der Waals surface area contributed by atoms with Gasteiger partial charge in [0.2, 0.25) is 5.91 Å². The third-order valence-corrected chi connectivity index (χ3v) is 7.56. The molecule has 1 aromatic rings. The lowest BCUT2D eigenvalue weighted by molar-refractivity contribution is -0.143. The number of anilines is 1. The smallest absolute Gasteiger partial charge is 0.407 e. The molecule has 1 aliphatic carbocycles. The van der Waals surface area contributed by atoms with Crippen molar-refractivity contribution in [3.63, 3.8) is 0 Å². The van der Waals surface area contributed by atoms with Crippen molar-refractivity contribution in [3.8, 4) is 0 Å². The summed E-state index contributed by atoms with van der Waals surface area (Å²) >= 11 is 0. The number of para-hydroxylation sites is 1. The molecule has 10 nitrogen and oxygen atoms in total. The second kappa shape index (κ2) is 12.2. The van der Waals surface area contributed by atoms with E-state index >= 15 is 0 Å². The van der Waals surface area contributed by atoms with Crippen molar-refractivity contribution in [1.82, 2.24) is 10.6 Å². The Labute approximate surface area is 219 Å². The highest BCUT2D eigenvalue weighted by Gasteiger charge is 2.41.